The van der Waals surface area contributed by atoms with Gasteiger partial charge in [-0.3, -0.25) is 4.79 Å². The number of aromatic nitrogens is 1. The van der Waals surface area contributed by atoms with Crippen LogP contribution < -0.4 is 10.1 Å². The number of nitrogens with one attached hydrogen (secondary N) is 2. The third kappa shape index (κ3) is 5.20. The highest BCUT2D eigenvalue weighted by molar-refractivity contribution is 7.73. The topological polar surface area (TPSA) is 83.6 Å². The van der Waals surface area contributed by atoms with Gasteiger partial charge in [0, 0.05) is 6.42 Å². The molecule has 4 rings (SSSR count). The fourth-order valence-electron chi connectivity index (χ4n) is 3.21. The van der Waals surface area contributed by atoms with E-state index >= 15 is 0 Å². The molecule has 1 atom stereocenters. The summed E-state index contributed by atoms with van der Waals surface area (Å²) in [5.74, 6) is 1.23. The molecule has 156 valence electrons. The molecular formula is C21H19ClN2O4S2. The number of hydrogen-bond donors (Lipinski definition) is 3. The van der Waals surface area contributed by atoms with Crippen molar-refractivity contribution in [2.24, 2.45) is 0 Å². The van der Waals surface area contributed by atoms with Gasteiger partial charge in [0.2, 0.25) is 11.8 Å². The monoisotopic (exact) mass is 462 g/mol. The summed E-state index contributed by atoms with van der Waals surface area (Å²) in [5, 5.41) is 13.3. The molecule has 0 bridgehead atoms. The van der Waals surface area contributed by atoms with Crippen LogP contribution in [0.15, 0.2) is 42.5 Å². The zero-order chi connectivity index (χ0) is 21.1. The Morgan fingerprint density at radius 2 is 2.00 bits per heavy atom. The van der Waals surface area contributed by atoms with Crippen LogP contribution in [0.25, 0.3) is 0 Å². The summed E-state index contributed by atoms with van der Waals surface area (Å²) in [7, 11) is 0. The summed E-state index contributed by atoms with van der Waals surface area (Å²) < 4.78 is 11.7. The van der Waals surface area contributed by atoms with Crippen molar-refractivity contribution in [3.8, 4) is 17.4 Å². The van der Waals surface area contributed by atoms with E-state index in [0.29, 0.717) is 39.9 Å². The first-order valence-corrected chi connectivity index (χ1v) is 10.9. The van der Waals surface area contributed by atoms with Gasteiger partial charge >= 0.3 is 0 Å². The normalized spacial score (nSPS) is 16.3. The number of hydrogen-bond acceptors (Lipinski definition) is 6. The van der Waals surface area contributed by atoms with E-state index in [-0.39, 0.29) is 24.4 Å². The number of aromatic amines is 1. The zero-order valence-corrected chi connectivity index (χ0v) is 18.2. The molecular weight excluding hydrogens is 444 g/mol. The average molecular weight is 463 g/mol. The minimum Gasteiger partial charge on any atom is -0.494 e. The molecule has 6 nitrogen and oxygen atoms in total. The van der Waals surface area contributed by atoms with E-state index < -0.39 is 0 Å². The van der Waals surface area contributed by atoms with E-state index in [0.717, 1.165) is 16.0 Å². The molecule has 1 fully saturated rings. The van der Waals surface area contributed by atoms with Crippen LogP contribution in [0.3, 0.4) is 0 Å². The summed E-state index contributed by atoms with van der Waals surface area (Å²) in [5.41, 5.74) is 2.02. The molecule has 0 spiro atoms. The predicted octanol–water partition coefficient (Wildman–Crippen LogP) is 4.61. The van der Waals surface area contributed by atoms with Crippen LogP contribution in [-0.4, -0.2) is 35.3 Å². The summed E-state index contributed by atoms with van der Waals surface area (Å²) in [6.45, 7) is 0.645. The van der Waals surface area contributed by atoms with Crippen LogP contribution in [0.2, 0.25) is 5.02 Å². The van der Waals surface area contributed by atoms with Gasteiger partial charge in [0.15, 0.2) is 3.95 Å². The van der Waals surface area contributed by atoms with Gasteiger partial charge < -0.3 is 24.9 Å². The van der Waals surface area contributed by atoms with Crippen LogP contribution in [0.1, 0.15) is 16.0 Å². The zero-order valence-electron chi connectivity index (χ0n) is 15.8. The van der Waals surface area contributed by atoms with Crippen molar-refractivity contribution in [3.05, 3.63) is 67.4 Å². The fourth-order valence-corrected chi connectivity index (χ4v) is 4.61. The second-order valence-corrected chi connectivity index (χ2v) is 9.14. The van der Waals surface area contributed by atoms with Crippen molar-refractivity contribution in [2.45, 2.75) is 18.9 Å². The Bertz CT molecular complexity index is 1110. The predicted molar refractivity (Wildman–Crippen MR) is 118 cm³/mol. The molecule has 1 aliphatic heterocycles. The number of carbonyl (C=O) groups is 1. The Kier molecular flexibility index (Phi) is 6.38. The number of carbonyl (C=O) groups excluding carboxylic acids is 1. The summed E-state index contributed by atoms with van der Waals surface area (Å²) in [4.78, 5) is 14.9. The number of halogens is 1. The second kappa shape index (κ2) is 9.18. The lowest BCUT2D eigenvalue weighted by Crippen LogP contribution is -2.46. The molecule has 0 radical (unpaired) electrons. The number of aromatic hydroxyl groups is 1. The molecule has 1 unspecified atom stereocenters. The molecule has 2 heterocycles. The number of thiazole rings is 1. The molecule has 9 heteroatoms. The molecule has 0 aliphatic carbocycles. The van der Waals surface area contributed by atoms with Crippen molar-refractivity contribution in [1.82, 2.24) is 10.3 Å². The maximum Gasteiger partial charge on any atom is 0.246 e. The maximum absolute atomic E-state index is 11.4. The third-order valence-corrected chi connectivity index (χ3v) is 6.13. The molecule has 1 aliphatic rings. The first-order chi connectivity index (χ1) is 14.5. The standard InChI is InChI=1S/C21H19ClN2O4S2/c22-16-8-13(9-18-20(26)24-21(29)30-18)3-6-17(16)28-15-4-1-12(2-5-15)7-14-10-27-11-19(25)23-14/h1-6,8,14,26H,7,9-11H2,(H,23,25)(H,24,29). The van der Waals surface area contributed by atoms with E-state index in [1.807, 2.05) is 42.5 Å². The summed E-state index contributed by atoms with van der Waals surface area (Å²) in [6.07, 6.45) is 1.22. The van der Waals surface area contributed by atoms with Gasteiger partial charge in [-0.1, -0.05) is 29.8 Å². The van der Waals surface area contributed by atoms with Crippen molar-refractivity contribution >= 4 is 41.1 Å². The van der Waals surface area contributed by atoms with Crippen molar-refractivity contribution in [3.63, 3.8) is 0 Å². The van der Waals surface area contributed by atoms with E-state index in [4.69, 9.17) is 33.3 Å². The molecule has 3 N–H and O–H groups in total. The fraction of sp³-hybridized carbons (Fsp3) is 0.238. The first-order valence-electron chi connectivity index (χ1n) is 9.29. The van der Waals surface area contributed by atoms with Crippen LogP contribution in [0, 0.1) is 3.95 Å². The van der Waals surface area contributed by atoms with Crippen LogP contribution >= 0.6 is 35.2 Å². The molecule has 0 saturated carbocycles. The largest absolute Gasteiger partial charge is 0.494 e. The van der Waals surface area contributed by atoms with Gasteiger partial charge in [-0.15, -0.1) is 11.3 Å². The lowest BCUT2D eigenvalue weighted by Gasteiger charge is -2.23. The van der Waals surface area contributed by atoms with Crippen LogP contribution in [0.4, 0.5) is 0 Å². The van der Waals surface area contributed by atoms with Crippen molar-refractivity contribution < 1.29 is 19.4 Å². The van der Waals surface area contributed by atoms with E-state index in [9.17, 15) is 9.90 Å². The van der Waals surface area contributed by atoms with Gasteiger partial charge in [-0.25, -0.2) is 0 Å². The Balaban J connectivity index is 1.39. The second-order valence-electron chi connectivity index (χ2n) is 6.96. The van der Waals surface area contributed by atoms with Crippen molar-refractivity contribution in [2.75, 3.05) is 13.2 Å². The van der Waals surface area contributed by atoms with Gasteiger partial charge in [0.05, 0.1) is 22.5 Å². The van der Waals surface area contributed by atoms with E-state index in [2.05, 4.69) is 10.3 Å². The molecule has 1 saturated heterocycles. The summed E-state index contributed by atoms with van der Waals surface area (Å²) >= 11 is 12.8. The molecule has 2 aromatic carbocycles. The molecule has 3 aromatic rings. The van der Waals surface area contributed by atoms with E-state index in [1.165, 1.54) is 11.3 Å². The SMILES string of the molecule is O=C1COCC(Cc2ccc(Oc3ccc(Cc4sc(=S)[nH]c4O)cc3Cl)cc2)N1. The highest BCUT2D eigenvalue weighted by atomic mass is 35.5. The number of benzene rings is 2. The number of rotatable bonds is 6. The molecule has 1 amide bonds. The number of morpholine rings is 1. The first kappa shape index (κ1) is 20.9. The van der Waals surface area contributed by atoms with Crippen LogP contribution in [0.5, 0.6) is 17.4 Å². The number of H-pyrrole nitrogens is 1. The Hall–Kier alpha value is -2.39. The van der Waals surface area contributed by atoms with E-state index in [1.54, 1.807) is 0 Å². The Morgan fingerprint density at radius 1 is 1.23 bits per heavy atom. The minimum absolute atomic E-state index is 0.0165. The highest BCUT2D eigenvalue weighted by Gasteiger charge is 2.18. The number of ether oxygens (including phenoxy) is 2. The third-order valence-electron chi connectivity index (χ3n) is 4.61. The lowest BCUT2D eigenvalue weighted by molar-refractivity contribution is -0.131. The van der Waals surface area contributed by atoms with Gasteiger partial charge in [-0.05, 0) is 54.0 Å². The smallest absolute Gasteiger partial charge is 0.246 e. The minimum atomic E-state index is -0.0821. The van der Waals surface area contributed by atoms with Crippen molar-refractivity contribution in [1.29, 1.82) is 0 Å². The van der Waals surface area contributed by atoms with Gasteiger partial charge in [0.25, 0.3) is 0 Å². The summed E-state index contributed by atoms with van der Waals surface area (Å²) in [6, 6.07) is 13.2. The van der Waals surface area contributed by atoms with Gasteiger partial charge in [-0.2, -0.15) is 0 Å². The highest BCUT2D eigenvalue weighted by Crippen LogP contribution is 2.32. The average Bonchev–Trinajstić information content (AvgIpc) is 3.02. The molecule has 30 heavy (non-hydrogen) atoms. The Labute approximate surface area is 187 Å². The maximum atomic E-state index is 11.4. The van der Waals surface area contributed by atoms with Gasteiger partial charge in [0.1, 0.15) is 18.1 Å². The molecule has 1 aromatic heterocycles. The quantitative estimate of drug-likeness (QED) is 0.466. The Morgan fingerprint density at radius 3 is 2.67 bits per heavy atom. The lowest BCUT2D eigenvalue weighted by atomic mass is 10.1. The van der Waals surface area contributed by atoms with Crippen LogP contribution in [-0.2, 0) is 22.4 Å². The number of amides is 1.